The second kappa shape index (κ2) is 6.46. The van der Waals surface area contributed by atoms with Crippen molar-refractivity contribution in [2.24, 2.45) is 0 Å². The van der Waals surface area contributed by atoms with E-state index in [2.05, 4.69) is 15.3 Å². The minimum Gasteiger partial charge on any atom is -0.314 e. The van der Waals surface area contributed by atoms with Gasteiger partial charge in [0, 0.05) is 32.7 Å². The molecule has 2 heterocycles. The van der Waals surface area contributed by atoms with Crippen LogP contribution in [0.3, 0.4) is 0 Å². The molecule has 21 heavy (non-hydrogen) atoms. The third-order valence-corrected chi connectivity index (χ3v) is 4.86. The van der Waals surface area contributed by atoms with Crippen molar-refractivity contribution in [2.75, 3.05) is 26.2 Å². The van der Waals surface area contributed by atoms with E-state index < -0.39 is 5.54 Å². The van der Waals surface area contributed by atoms with E-state index in [4.69, 9.17) is 11.6 Å². The van der Waals surface area contributed by atoms with Crippen LogP contribution in [0.25, 0.3) is 0 Å². The molecule has 1 N–H and O–H groups in total. The predicted molar refractivity (Wildman–Crippen MR) is 84.9 cm³/mol. The molecule has 0 bridgehead atoms. The number of aryl methyl sites for hydroxylation is 2. The fraction of sp³-hybridized carbons (Fsp3) is 0.733. The molecule has 1 aliphatic heterocycles. The van der Waals surface area contributed by atoms with E-state index >= 15 is 0 Å². The van der Waals surface area contributed by atoms with Crippen LogP contribution >= 0.6 is 11.6 Å². The number of halogens is 1. The van der Waals surface area contributed by atoms with Crippen LogP contribution < -0.4 is 5.32 Å². The minimum atomic E-state index is -0.470. The van der Waals surface area contributed by atoms with Crippen LogP contribution in [0.5, 0.6) is 0 Å². The van der Waals surface area contributed by atoms with Crippen molar-refractivity contribution < 1.29 is 4.79 Å². The number of nitrogens with zero attached hydrogens (tertiary/aromatic N) is 3. The number of Topliss-reactive ketones (excluding diaryl/α,β-unsaturated/α-hetero) is 1. The number of ketones is 1. The van der Waals surface area contributed by atoms with Crippen molar-refractivity contribution in [1.29, 1.82) is 0 Å². The number of rotatable bonds is 5. The quantitative estimate of drug-likeness (QED) is 0.898. The van der Waals surface area contributed by atoms with E-state index in [1.165, 1.54) is 0 Å². The molecule has 0 atom stereocenters. The Morgan fingerprint density at radius 3 is 2.57 bits per heavy atom. The molecule has 1 aliphatic rings. The maximum absolute atomic E-state index is 12.8. The molecule has 1 aromatic rings. The van der Waals surface area contributed by atoms with Crippen molar-refractivity contribution in [3.8, 4) is 0 Å². The molecule has 0 aromatic carbocycles. The lowest BCUT2D eigenvalue weighted by molar-refractivity contribution is -0.129. The van der Waals surface area contributed by atoms with Crippen LogP contribution in [0, 0.1) is 6.92 Å². The van der Waals surface area contributed by atoms with Gasteiger partial charge in [-0.25, -0.2) is 0 Å². The van der Waals surface area contributed by atoms with E-state index in [9.17, 15) is 4.79 Å². The summed E-state index contributed by atoms with van der Waals surface area (Å²) in [4.78, 5) is 15.1. The molecule has 0 aliphatic carbocycles. The second-order valence-electron chi connectivity index (χ2n) is 6.06. The standard InChI is InChI=1S/C15H25ClN4O/c1-5-20-12(14(16)11(2)18-20)10-13(21)15(3,4)19-8-6-17-7-9-19/h17H,5-10H2,1-4H3. The van der Waals surface area contributed by atoms with E-state index in [0.717, 1.165) is 44.1 Å². The molecule has 0 unspecified atom stereocenters. The Morgan fingerprint density at radius 1 is 1.38 bits per heavy atom. The Hall–Kier alpha value is -0.910. The fourth-order valence-corrected chi connectivity index (χ4v) is 3.01. The molecule has 1 saturated heterocycles. The Kier molecular flexibility index (Phi) is 5.07. The molecule has 6 heteroatoms. The zero-order valence-electron chi connectivity index (χ0n) is 13.4. The summed E-state index contributed by atoms with van der Waals surface area (Å²) in [5.41, 5.74) is 1.16. The molecule has 0 spiro atoms. The number of hydrogen-bond acceptors (Lipinski definition) is 4. The Morgan fingerprint density at radius 2 is 2.00 bits per heavy atom. The summed E-state index contributed by atoms with van der Waals surface area (Å²) in [6.07, 6.45) is 0.338. The molecular formula is C15H25ClN4O. The highest BCUT2D eigenvalue weighted by Gasteiger charge is 2.35. The second-order valence-corrected chi connectivity index (χ2v) is 6.44. The Labute approximate surface area is 131 Å². The van der Waals surface area contributed by atoms with Crippen molar-refractivity contribution in [3.05, 3.63) is 16.4 Å². The summed E-state index contributed by atoms with van der Waals surface area (Å²) >= 11 is 6.31. The van der Waals surface area contributed by atoms with E-state index in [0.29, 0.717) is 11.4 Å². The van der Waals surface area contributed by atoms with E-state index in [1.807, 2.05) is 32.4 Å². The van der Waals surface area contributed by atoms with Crippen LogP contribution in [0.1, 0.15) is 32.2 Å². The van der Waals surface area contributed by atoms with E-state index in [1.54, 1.807) is 0 Å². The van der Waals surface area contributed by atoms with Gasteiger partial charge in [0.05, 0.1) is 28.4 Å². The van der Waals surface area contributed by atoms with Crippen molar-refractivity contribution >= 4 is 17.4 Å². The number of carbonyl (C=O) groups is 1. The van der Waals surface area contributed by atoms with Crippen molar-refractivity contribution in [3.63, 3.8) is 0 Å². The molecule has 118 valence electrons. The average Bonchev–Trinajstić information content (AvgIpc) is 2.75. The normalized spacial score (nSPS) is 17.2. The lowest BCUT2D eigenvalue weighted by atomic mass is 9.92. The van der Waals surface area contributed by atoms with Gasteiger partial charge in [-0.3, -0.25) is 14.4 Å². The first-order valence-electron chi connectivity index (χ1n) is 7.58. The lowest BCUT2D eigenvalue weighted by Crippen LogP contribution is -2.57. The fourth-order valence-electron chi connectivity index (χ4n) is 2.81. The number of carbonyl (C=O) groups excluding carboxylic acids is 1. The third kappa shape index (κ3) is 3.30. The van der Waals surface area contributed by atoms with Crippen molar-refractivity contribution in [2.45, 2.75) is 46.2 Å². The molecule has 0 amide bonds. The molecule has 0 radical (unpaired) electrons. The zero-order valence-corrected chi connectivity index (χ0v) is 14.1. The lowest BCUT2D eigenvalue weighted by Gasteiger charge is -2.40. The van der Waals surface area contributed by atoms with Crippen LogP contribution in [0.2, 0.25) is 5.02 Å². The zero-order chi connectivity index (χ0) is 15.6. The summed E-state index contributed by atoms with van der Waals surface area (Å²) in [6, 6.07) is 0. The van der Waals surface area contributed by atoms with Gasteiger partial charge < -0.3 is 5.32 Å². The van der Waals surface area contributed by atoms with Crippen LogP contribution in [0.15, 0.2) is 0 Å². The first kappa shape index (κ1) is 16.5. The summed E-state index contributed by atoms with van der Waals surface area (Å²) in [7, 11) is 0. The number of piperazine rings is 1. The highest BCUT2D eigenvalue weighted by atomic mass is 35.5. The number of hydrogen-bond donors (Lipinski definition) is 1. The van der Waals surface area contributed by atoms with Gasteiger partial charge in [0.25, 0.3) is 0 Å². The summed E-state index contributed by atoms with van der Waals surface area (Å²) in [5.74, 6) is 0.195. The molecule has 1 fully saturated rings. The molecular weight excluding hydrogens is 288 g/mol. The monoisotopic (exact) mass is 312 g/mol. The SMILES string of the molecule is CCn1nc(C)c(Cl)c1CC(=O)C(C)(C)N1CCNCC1. The van der Waals surface area contributed by atoms with Crippen LogP contribution in [-0.4, -0.2) is 52.2 Å². The topological polar surface area (TPSA) is 50.2 Å². The highest BCUT2D eigenvalue weighted by Crippen LogP contribution is 2.24. The molecule has 5 nitrogen and oxygen atoms in total. The maximum Gasteiger partial charge on any atom is 0.158 e. The van der Waals surface area contributed by atoms with Gasteiger partial charge in [-0.05, 0) is 27.7 Å². The highest BCUT2D eigenvalue weighted by molar-refractivity contribution is 6.32. The first-order chi connectivity index (χ1) is 9.87. The van der Waals surface area contributed by atoms with Gasteiger partial charge in [-0.2, -0.15) is 5.10 Å². The average molecular weight is 313 g/mol. The van der Waals surface area contributed by atoms with Gasteiger partial charge in [-0.1, -0.05) is 11.6 Å². The van der Waals surface area contributed by atoms with E-state index in [-0.39, 0.29) is 5.78 Å². The van der Waals surface area contributed by atoms with Crippen molar-refractivity contribution in [1.82, 2.24) is 20.0 Å². The van der Waals surface area contributed by atoms with Crippen LogP contribution in [-0.2, 0) is 17.8 Å². The van der Waals surface area contributed by atoms with Gasteiger partial charge in [0.15, 0.2) is 5.78 Å². The van der Waals surface area contributed by atoms with Gasteiger partial charge in [0.2, 0.25) is 0 Å². The number of aromatic nitrogens is 2. The Bertz CT molecular complexity index is 518. The first-order valence-corrected chi connectivity index (χ1v) is 7.96. The molecule has 0 saturated carbocycles. The van der Waals surface area contributed by atoms with Crippen LogP contribution in [0.4, 0.5) is 0 Å². The predicted octanol–water partition coefficient (Wildman–Crippen LogP) is 1.66. The van der Waals surface area contributed by atoms with Gasteiger partial charge in [0.1, 0.15) is 0 Å². The van der Waals surface area contributed by atoms with Gasteiger partial charge in [-0.15, -0.1) is 0 Å². The maximum atomic E-state index is 12.8. The summed E-state index contributed by atoms with van der Waals surface area (Å²) in [5, 5.41) is 8.33. The smallest absolute Gasteiger partial charge is 0.158 e. The molecule has 2 rings (SSSR count). The summed E-state index contributed by atoms with van der Waals surface area (Å²) < 4.78 is 1.84. The minimum absolute atomic E-state index is 0.195. The summed E-state index contributed by atoms with van der Waals surface area (Å²) in [6.45, 7) is 12.3. The van der Waals surface area contributed by atoms with Gasteiger partial charge >= 0.3 is 0 Å². The third-order valence-electron chi connectivity index (χ3n) is 4.37. The number of nitrogens with one attached hydrogen (secondary N) is 1. The molecule has 1 aromatic heterocycles. The largest absolute Gasteiger partial charge is 0.314 e. The Balaban J connectivity index is 2.17.